The Hall–Kier alpha value is -1.81. The van der Waals surface area contributed by atoms with Crippen LogP contribution in [0.2, 0.25) is 0 Å². The zero-order valence-corrected chi connectivity index (χ0v) is 14.7. The molecule has 2 aromatic carbocycles. The summed E-state index contributed by atoms with van der Waals surface area (Å²) in [7, 11) is 0. The molecule has 120 valence electrons. The number of piperazine rings is 1. The summed E-state index contributed by atoms with van der Waals surface area (Å²) in [6, 6.07) is 18.6. The van der Waals surface area contributed by atoms with Gasteiger partial charge in [-0.3, -0.25) is 4.79 Å². The van der Waals surface area contributed by atoms with Crippen molar-refractivity contribution in [2.24, 2.45) is 0 Å². The molecule has 1 saturated heterocycles. The number of halogens is 1. The third-order valence-corrected chi connectivity index (χ3v) is 4.76. The number of para-hydroxylation sites is 1. The Balaban J connectivity index is 1.48. The fourth-order valence-electron chi connectivity index (χ4n) is 2.95. The number of carbonyl (C=O) groups is 1. The molecule has 0 N–H and O–H groups in total. The Morgan fingerprint density at radius 3 is 2.39 bits per heavy atom. The predicted molar refractivity (Wildman–Crippen MR) is 97.7 cm³/mol. The van der Waals surface area contributed by atoms with E-state index in [-0.39, 0.29) is 5.91 Å². The molecular formula is C19H21BrN2O. The van der Waals surface area contributed by atoms with Crippen molar-refractivity contribution in [2.45, 2.75) is 12.8 Å². The molecule has 0 aromatic heterocycles. The lowest BCUT2D eigenvalue weighted by Gasteiger charge is -2.36. The molecule has 0 radical (unpaired) electrons. The van der Waals surface area contributed by atoms with E-state index in [1.807, 2.05) is 23.1 Å². The van der Waals surface area contributed by atoms with Gasteiger partial charge in [0.1, 0.15) is 0 Å². The van der Waals surface area contributed by atoms with Gasteiger partial charge in [-0.25, -0.2) is 0 Å². The van der Waals surface area contributed by atoms with Crippen LogP contribution in [0.3, 0.4) is 0 Å². The molecule has 0 atom stereocenters. The fraction of sp³-hybridized carbons (Fsp3) is 0.316. The van der Waals surface area contributed by atoms with Gasteiger partial charge >= 0.3 is 0 Å². The molecule has 1 fully saturated rings. The summed E-state index contributed by atoms with van der Waals surface area (Å²) in [5.74, 6) is 0.262. The van der Waals surface area contributed by atoms with E-state index in [0.717, 1.165) is 37.1 Å². The van der Waals surface area contributed by atoms with Gasteiger partial charge in [0.25, 0.3) is 0 Å². The zero-order valence-electron chi connectivity index (χ0n) is 13.1. The minimum absolute atomic E-state index is 0.262. The summed E-state index contributed by atoms with van der Waals surface area (Å²) in [6.07, 6.45) is 1.39. The molecule has 4 heteroatoms. The van der Waals surface area contributed by atoms with E-state index >= 15 is 0 Å². The molecule has 1 heterocycles. The predicted octanol–water partition coefficient (Wildman–Crippen LogP) is 3.73. The molecule has 23 heavy (non-hydrogen) atoms. The first-order valence-corrected chi connectivity index (χ1v) is 8.84. The van der Waals surface area contributed by atoms with Crippen LogP contribution >= 0.6 is 15.9 Å². The highest BCUT2D eigenvalue weighted by molar-refractivity contribution is 9.10. The first kappa shape index (κ1) is 16.1. The third-order valence-electron chi connectivity index (χ3n) is 4.27. The van der Waals surface area contributed by atoms with Crippen LogP contribution in [0.4, 0.5) is 5.69 Å². The quantitative estimate of drug-likeness (QED) is 0.816. The Bertz CT molecular complexity index is 651. The fourth-order valence-corrected chi connectivity index (χ4v) is 3.40. The maximum Gasteiger partial charge on any atom is 0.223 e. The second-order valence-electron chi connectivity index (χ2n) is 5.83. The van der Waals surface area contributed by atoms with Gasteiger partial charge in [-0.15, -0.1) is 0 Å². The highest BCUT2D eigenvalue weighted by Gasteiger charge is 2.20. The summed E-state index contributed by atoms with van der Waals surface area (Å²) in [4.78, 5) is 16.7. The van der Waals surface area contributed by atoms with Crippen LogP contribution in [-0.2, 0) is 11.2 Å². The first-order chi connectivity index (χ1) is 11.2. The Morgan fingerprint density at radius 2 is 1.70 bits per heavy atom. The number of hydrogen-bond acceptors (Lipinski definition) is 2. The lowest BCUT2D eigenvalue weighted by Crippen LogP contribution is -2.48. The van der Waals surface area contributed by atoms with Gasteiger partial charge in [0.15, 0.2) is 0 Å². The van der Waals surface area contributed by atoms with E-state index in [9.17, 15) is 4.79 Å². The van der Waals surface area contributed by atoms with Crippen LogP contribution in [-0.4, -0.2) is 37.0 Å². The number of rotatable bonds is 4. The molecule has 3 nitrogen and oxygen atoms in total. The summed E-state index contributed by atoms with van der Waals surface area (Å²) >= 11 is 3.47. The van der Waals surface area contributed by atoms with Crippen LogP contribution in [0.5, 0.6) is 0 Å². The molecule has 2 aromatic rings. The van der Waals surface area contributed by atoms with E-state index < -0.39 is 0 Å². The normalized spacial score (nSPS) is 14.8. The maximum atomic E-state index is 12.4. The van der Waals surface area contributed by atoms with Crippen molar-refractivity contribution in [3.63, 3.8) is 0 Å². The van der Waals surface area contributed by atoms with E-state index in [1.54, 1.807) is 0 Å². The lowest BCUT2D eigenvalue weighted by atomic mass is 10.1. The number of aryl methyl sites for hydroxylation is 1. The van der Waals surface area contributed by atoms with Crippen molar-refractivity contribution < 1.29 is 4.79 Å². The summed E-state index contributed by atoms with van der Waals surface area (Å²) in [5.41, 5.74) is 2.45. The largest absolute Gasteiger partial charge is 0.368 e. The van der Waals surface area contributed by atoms with Crippen molar-refractivity contribution in [2.75, 3.05) is 31.1 Å². The van der Waals surface area contributed by atoms with Crippen molar-refractivity contribution >= 4 is 27.5 Å². The van der Waals surface area contributed by atoms with Crippen LogP contribution < -0.4 is 4.90 Å². The Morgan fingerprint density at radius 1 is 0.957 bits per heavy atom. The second kappa shape index (κ2) is 7.64. The molecule has 0 saturated carbocycles. The maximum absolute atomic E-state index is 12.4. The molecule has 0 unspecified atom stereocenters. The average molecular weight is 373 g/mol. The number of carbonyl (C=O) groups excluding carboxylic acids is 1. The van der Waals surface area contributed by atoms with Crippen molar-refractivity contribution in [1.29, 1.82) is 0 Å². The van der Waals surface area contributed by atoms with E-state index in [4.69, 9.17) is 0 Å². The van der Waals surface area contributed by atoms with Gasteiger partial charge in [-0.05, 0) is 36.2 Å². The van der Waals surface area contributed by atoms with Crippen LogP contribution in [0.1, 0.15) is 12.0 Å². The second-order valence-corrected chi connectivity index (χ2v) is 6.75. The molecule has 0 spiro atoms. The lowest BCUT2D eigenvalue weighted by molar-refractivity contribution is -0.131. The number of benzene rings is 2. The summed E-state index contributed by atoms with van der Waals surface area (Å²) < 4.78 is 1.07. The molecule has 0 bridgehead atoms. The molecule has 3 rings (SSSR count). The molecular weight excluding hydrogens is 352 g/mol. The number of nitrogens with zero attached hydrogens (tertiary/aromatic N) is 2. The summed E-state index contributed by atoms with van der Waals surface area (Å²) in [5, 5.41) is 0. The number of amides is 1. The minimum Gasteiger partial charge on any atom is -0.368 e. The topological polar surface area (TPSA) is 23.6 Å². The zero-order chi connectivity index (χ0) is 16.1. The molecule has 0 aliphatic carbocycles. The number of hydrogen-bond donors (Lipinski definition) is 0. The van der Waals surface area contributed by atoms with Crippen molar-refractivity contribution in [1.82, 2.24) is 4.90 Å². The van der Waals surface area contributed by atoms with E-state index in [2.05, 4.69) is 57.2 Å². The van der Waals surface area contributed by atoms with Crippen molar-refractivity contribution in [3.05, 3.63) is 64.6 Å². The average Bonchev–Trinajstić information content (AvgIpc) is 2.61. The van der Waals surface area contributed by atoms with Gasteiger partial charge in [0, 0.05) is 42.8 Å². The smallest absolute Gasteiger partial charge is 0.223 e. The first-order valence-electron chi connectivity index (χ1n) is 8.04. The van der Waals surface area contributed by atoms with Gasteiger partial charge in [0.2, 0.25) is 5.91 Å². The van der Waals surface area contributed by atoms with Gasteiger partial charge in [0.05, 0.1) is 0 Å². The van der Waals surface area contributed by atoms with Gasteiger partial charge < -0.3 is 9.80 Å². The molecule has 1 amide bonds. The van der Waals surface area contributed by atoms with Crippen LogP contribution in [0.25, 0.3) is 0 Å². The Labute approximate surface area is 146 Å². The monoisotopic (exact) mass is 372 g/mol. The number of anilines is 1. The highest BCUT2D eigenvalue weighted by atomic mass is 79.9. The SMILES string of the molecule is O=C(CCc1cccc(Br)c1)N1CCN(c2ccccc2)CC1. The van der Waals surface area contributed by atoms with E-state index in [1.165, 1.54) is 11.3 Å². The van der Waals surface area contributed by atoms with Gasteiger partial charge in [-0.1, -0.05) is 46.3 Å². The third kappa shape index (κ3) is 4.35. The molecule has 1 aliphatic heterocycles. The standard InChI is InChI=1S/C19H21BrN2O/c20-17-6-4-5-16(15-17)9-10-19(23)22-13-11-21(12-14-22)18-7-2-1-3-8-18/h1-8,15H,9-14H2. The minimum atomic E-state index is 0.262. The van der Waals surface area contributed by atoms with Crippen LogP contribution in [0.15, 0.2) is 59.1 Å². The highest BCUT2D eigenvalue weighted by Crippen LogP contribution is 2.17. The van der Waals surface area contributed by atoms with E-state index in [0.29, 0.717) is 6.42 Å². The summed E-state index contributed by atoms with van der Waals surface area (Å²) in [6.45, 7) is 3.44. The Kier molecular flexibility index (Phi) is 5.34. The van der Waals surface area contributed by atoms with Gasteiger partial charge in [-0.2, -0.15) is 0 Å². The van der Waals surface area contributed by atoms with Crippen LogP contribution in [0, 0.1) is 0 Å². The van der Waals surface area contributed by atoms with Crippen molar-refractivity contribution in [3.8, 4) is 0 Å². The molecule has 1 aliphatic rings.